The summed E-state index contributed by atoms with van der Waals surface area (Å²) in [5.41, 5.74) is 10.7. The Balaban J connectivity index is 1.32. The summed E-state index contributed by atoms with van der Waals surface area (Å²) in [6.07, 6.45) is 2.84. The van der Waals surface area contributed by atoms with Crippen LogP contribution in [0.2, 0.25) is 0 Å². The molecule has 4 nitrogen and oxygen atoms in total. The summed E-state index contributed by atoms with van der Waals surface area (Å²) in [7, 11) is 0. The fourth-order valence-corrected chi connectivity index (χ4v) is 7.13. The molecule has 5 heteroatoms. The van der Waals surface area contributed by atoms with E-state index in [4.69, 9.17) is 10.1 Å². The molecule has 0 atom stereocenters. The fourth-order valence-electron chi connectivity index (χ4n) is 6.07. The van der Waals surface area contributed by atoms with E-state index in [-0.39, 0.29) is 5.78 Å². The Morgan fingerprint density at radius 3 is 2.33 bits per heavy atom. The average Bonchev–Trinajstić information content (AvgIpc) is 3.55. The smallest absolute Gasteiger partial charge is 0.173 e. The third-order valence-corrected chi connectivity index (χ3v) is 9.10. The molecule has 7 rings (SSSR count). The van der Waals surface area contributed by atoms with E-state index in [9.17, 15) is 4.79 Å². The predicted molar refractivity (Wildman–Crippen MR) is 164 cm³/mol. The molecule has 2 aromatic heterocycles. The zero-order valence-corrected chi connectivity index (χ0v) is 23.5. The van der Waals surface area contributed by atoms with Crippen LogP contribution in [-0.2, 0) is 19.3 Å². The molecule has 6 aromatic rings. The lowest BCUT2D eigenvalue weighted by atomic mass is 9.98. The molecule has 1 aliphatic carbocycles. The summed E-state index contributed by atoms with van der Waals surface area (Å²) < 4.78 is 1.97. The molecule has 0 saturated carbocycles. The van der Waals surface area contributed by atoms with Crippen molar-refractivity contribution in [2.24, 2.45) is 0 Å². The molecule has 0 saturated heterocycles. The van der Waals surface area contributed by atoms with Gasteiger partial charge in [-0.2, -0.15) is 5.10 Å². The van der Waals surface area contributed by atoms with Crippen molar-refractivity contribution >= 4 is 34.0 Å². The Bertz CT molecular complexity index is 1900. The lowest BCUT2D eigenvalue weighted by molar-refractivity contribution is 0.102. The molecule has 196 valence electrons. The van der Waals surface area contributed by atoms with Crippen LogP contribution < -0.4 is 0 Å². The second kappa shape index (κ2) is 10.1. The van der Waals surface area contributed by atoms with E-state index in [0.717, 1.165) is 69.0 Å². The summed E-state index contributed by atoms with van der Waals surface area (Å²) in [6, 6.07) is 31.3. The van der Waals surface area contributed by atoms with Gasteiger partial charge in [-0.15, -0.1) is 0 Å². The molecule has 2 heterocycles. The number of aromatic nitrogens is 3. The number of Topliss-reactive ketones (excluding diaryl/α,β-unsaturated/α-hetero) is 1. The first kappa shape index (κ1) is 24.8. The van der Waals surface area contributed by atoms with Crippen molar-refractivity contribution in [3.8, 4) is 11.1 Å². The molecule has 4 aromatic carbocycles. The molecule has 0 fully saturated rings. The lowest BCUT2D eigenvalue weighted by Crippen LogP contribution is -2.09. The normalized spacial score (nSPS) is 12.4. The van der Waals surface area contributed by atoms with E-state index in [1.165, 1.54) is 22.1 Å². The fraction of sp³-hybridized carbons (Fsp3) is 0.171. The van der Waals surface area contributed by atoms with E-state index < -0.39 is 0 Å². The maximum absolute atomic E-state index is 13.8. The molecule has 0 bridgehead atoms. The van der Waals surface area contributed by atoms with Crippen LogP contribution >= 0.6 is 11.8 Å². The van der Waals surface area contributed by atoms with Crippen LogP contribution in [0.3, 0.4) is 0 Å². The van der Waals surface area contributed by atoms with Gasteiger partial charge in [0, 0.05) is 28.8 Å². The molecular formula is C35H29N3OS. The number of nitrogens with zero attached hydrogens (tertiary/aromatic N) is 3. The second-order valence-electron chi connectivity index (χ2n) is 10.5. The SMILES string of the molecule is Cc1nc2c(-c3ccccc3)c(C)nn2c(SCC(=O)c2ccc3c4c(cccc24)CC3)c1Cc1ccccc1. The standard InChI is InChI=1S/C35H29N3OS/c1-22-30(20-24-10-5-3-6-11-24)35(38-34(36-22)32(23(2)37-38)25-12-7-4-8-13-25)40-21-31(39)28-19-18-27-17-16-26-14-9-15-29(28)33(26)27/h3-15,18-19H,16-17,20-21H2,1-2H3. The van der Waals surface area contributed by atoms with Crippen molar-refractivity contribution in [2.75, 3.05) is 5.75 Å². The summed E-state index contributed by atoms with van der Waals surface area (Å²) in [5.74, 6) is 0.472. The maximum atomic E-state index is 13.8. The van der Waals surface area contributed by atoms with Gasteiger partial charge in [0.1, 0.15) is 5.03 Å². The van der Waals surface area contributed by atoms with E-state index in [1.807, 2.05) is 41.8 Å². The van der Waals surface area contributed by atoms with Gasteiger partial charge in [-0.25, -0.2) is 9.50 Å². The van der Waals surface area contributed by atoms with Crippen molar-refractivity contribution in [2.45, 2.75) is 38.1 Å². The molecule has 0 N–H and O–H groups in total. The van der Waals surface area contributed by atoms with Crippen LogP contribution in [0.25, 0.3) is 27.5 Å². The van der Waals surface area contributed by atoms with E-state index in [1.54, 1.807) is 11.8 Å². The first-order valence-corrected chi connectivity index (χ1v) is 14.7. The van der Waals surface area contributed by atoms with Crippen molar-refractivity contribution < 1.29 is 4.79 Å². The monoisotopic (exact) mass is 539 g/mol. The Morgan fingerprint density at radius 1 is 0.825 bits per heavy atom. The third kappa shape index (κ3) is 4.22. The summed E-state index contributed by atoms with van der Waals surface area (Å²) in [4.78, 5) is 18.9. The Kier molecular flexibility index (Phi) is 6.24. The van der Waals surface area contributed by atoms with Gasteiger partial charge in [-0.1, -0.05) is 103 Å². The number of ketones is 1. The first-order valence-electron chi connectivity index (χ1n) is 13.8. The van der Waals surface area contributed by atoms with Crippen LogP contribution in [0, 0.1) is 13.8 Å². The van der Waals surface area contributed by atoms with Crippen molar-refractivity contribution in [1.29, 1.82) is 0 Å². The van der Waals surface area contributed by atoms with Gasteiger partial charge in [0.15, 0.2) is 11.4 Å². The number of hydrogen-bond donors (Lipinski definition) is 0. The summed E-state index contributed by atoms with van der Waals surface area (Å²) in [6.45, 7) is 4.11. The minimum absolute atomic E-state index is 0.140. The van der Waals surface area contributed by atoms with Gasteiger partial charge in [0.2, 0.25) is 0 Å². The lowest BCUT2D eigenvalue weighted by Gasteiger charge is -2.15. The van der Waals surface area contributed by atoms with Crippen molar-refractivity contribution in [3.63, 3.8) is 0 Å². The quantitative estimate of drug-likeness (QED) is 0.118. The number of benzene rings is 4. The third-order valence-electron chi connectivity index (χ3n) is 8.00. The highest BCUT2D eigenvalue weighted by atomic mass is 32.2. The highest BCUT2D eigenvalue weighted by Gasteiger charge is 2.23. The second-order valence-corrected chi connectivity index (χ2v) is 11.5. The highest BCUT2D eigenvalue weighted by molar-refractivity contribution is 8.00. The molecule has 0 radical (unpaired) electrons. The van der Waals surface area contributed by atoms with Crippen molar-refractivity contribution in [1.82, 2.24) is 14.6 Å². The Hall–Kier alpha value is -4.22. The molecule has 0 amide bonds. The highest BCUT2D eigenvalue weighted by Crippen LogP contribution is 2.36. The molecule has 40 heavy (non-hydrogen) atoms. The molecule has 1 aliphatic rings. The summed E-state index contributed by atoms with van der Waals surface area (Å²) >= 11 is 1.57. The van der Waals surface area contributed by atoms with E-state index in [0.29, 0.717) is 5.75 Å². The number of carbonyl (C=O) groups is 1. The number of aryl methyl sites for hydroxylation is 4. The van der Waals surface area contributed by atoms with Gasteiger partial charge < -0.3 is 0 Å². The van der Waals surface area contributed by atoms with Gasteiger partial charge in [0.05, 0.1) is 11.4 Å². The molecule has 0 unspecified atom stereocenters. The van der Waals surface area contributed by atoms with Crippen LogP contribution in [0.15, 0.2) is 96.0 Å². The minimum Gasteiger partial charge on any atom is -0.293 e. The minimum atomic E-state index is 0.140. The van der Waals surface area contributed by atoms with E-state index in [2.05, 4.69) is 67.6 Å². The van der Waals surface area contributed by atoms with Crippen LogP contribution in [-0.4, -0.2) is 26.1 Å². The number of carbonyl (C=O) groups excluding carboxylic acids is 1. The average molecular weight is 540 g/mol. The van der Waals surface area contributed by atoms with Crippen LogP contribution in [0.1, 0.15) is 44.0 Å². The number of rotatable bonds is 7. The van der Waals surface area contributed by atoms with E-state index >= 15 is 0 Å². The first-order chi connectivity index (χ1) is 19.6. The molecular weight excluding hydrogens is 510 g/mol. The Labute approximate surface area is 238 Å². The number of hydrogen-bond acceptors (Lipinski definition) is 4. The molecule has 0 aliphatic heterocycles. The largest absolute Gasteiger partial charge is 0.293 e. The number of thioether (sulfide) groups is 1. The number of fused-ring (bicyclic) bond motifs is 1. The predicted octanol–water partition coefficient (Wildman–Crippen LogP) is 7.83. The Morgan fingerprint density at radius 2 is 1.55 bits per heavy atom. The van der Waals surface area contributed by atoms with Gasteiger partial charge in [-0.05, 0) is 59.7 Å². The molecule has 0 spiro atoms. The zero-order chi connectivity index (χ0) is 27.2. The van der Waals surface area contributed by atoms with Gasteiger partial charge >= 0.3 is 0 Å². The van der Waals surface area contributed by atoms with Crippen molar-refractivity contribution in [3.05, 3.63) is 130 Å². The zero-order valence-electron chi connectivity index (χ0n) is 22.6. The van der Waals surface area contributed by atoms with Gasteiger partial charge in [0.25, 0.3) is 0 Å². The topological polar surface area (TPSA) is 47.3 Å². The maximum Gasteiger partial charge on any atom is 0.173 e. The van der Waals surface area contributed by atoms with Crippen LogP contribution in [0.5, 0.6) is 0 Å². The van der Waals surface area contributed by atoms with Crippen LogP contribution in [0.4, 0.5) is 0 Å². The van der Waals surface area contributed by atoms with Gasteiger partial charge in [-0.3, -0.25) is 4.79 Å². The summed E-state index contributed by atoms with van der Waals surface area (Å²) in [5, 5.41) is 8.33.